The van der Waals surface area contributed by atoms with E-state index in [0.717, 1.165) is 5.82 Å². The van der Waals surface area contributed by atoms with Crippen LogP contribution in [0.1, 0.15) is 13.3 Å². The predicted octanol–water partition coefficient (Wildman–Crippen LogP) is 0.866. The van der Waals surface area contributed by atoms with Crippen molar-refractivity contribution in [2.75, 3.05) is 25.1 Å². The van der Waals surface area contributed by atoms with Crippen LogP contribution < -0.4 is 4.90 Å². The molecule has 0 aromatic carbocycles. The van der Waals surface area contributed by atoms with Crippen molar-refractivity contribution >= 4 is 11.8 Å². The number of rotatable bonds is 5. The number of carbonyl (C=O) groups excluding carboxylic acids is 1. The van der Waals surface area contributed by atoms with Crippen molar-refractivity contribution in [2.24, 2.45) is 0 Å². The molecule has 0 aliphatic heterocycles. The van der Waals surface area contributed by atoms with E-state index in [9.17, 15) is 4.79 Å². The lowest BCUT2D eigenvalue weighted by atomic mass is 10.4. The molecule has 1 rings (SSSR count). The van der Waals surface area contributed by atoms with Gasteiger partial charge in [0.25, 0.3) is 0 Å². The minimum Gasteiger partial charge on any atom is -0.466 e. The Morgan fingerprint density at radius 3 is 3.00 bits per heavy atom. The van der Waals surface area contributed by atoms with Gasteiger partial charge in [-0.25, -0.2) is 9.97 Å². The van der Waals surface area contributed by atoms with Crippen LogP contribution in [0, 0.1) is 0 Å². The molecule has 0 atom stereocenters. The van der Waals surface area contributed by atoms with E-state index in [0.29, 0.717) is 19.6 Å². The first-order valence-electron chi connectivity index (χ1n) is 4.86. The maximum Gasteiger partial charge on any atom is 0.307 e. The fourth-order valence-electron chi connectivity index (χ4n) is 1.12. The van der Waals surface area contributed by atoms with Crippen molar-refractivity contribution < 1.29 is 9.53 Å². The normalized spacial score (nSPS) is 9.73. The Balaban J connectivity index is 2.37. The molecular weight excluding hydrogens is 194 g/mol. The first-order chi connectivity index (χ1) is 7.24. The van der Waals surface area contributed by atoms with Crippen molar-refractivity contribution in [1.82, 2.24) is 9.97 Å². The van der Waals surface area contributed by atoms with Gasteiger partial charge in [-0.1, -0.05) is 0 Å². The fourth-order valence-corrected chi connectivity index (χ4v) is 1.12. The van der Waals surface area contributed by atoms with Crippen LogP contribution in [-0.2, 0) is 9.53 Å². The van der Waals surface area contributed by atoms with Crippen LogP contribution in [0.3, 0.4) is 0 Å². The van der Waals surface area contributed by atoms with E-state index < -0.39 is 0 Å². The summed E-state index contributed by atoms with van der Waals surface area (Å²) in [5, 5.41) is 0. The number of carbonyl (C=O) groups is 1. The van der Waals surface area contributed by atoms with E-state index in [1.54, 1.807) is 19.2 Å². The summed E-state index contributed by atoms with van der Waals surface area (Å²) in [6.45, 7) is 2.82. The second kappa shape index (κ2) is 5.95. The molecule has 82 valence electrons. The maximum absolute atomic E-state index is 11.1. The molecule has 15 heavy (non-hydrogen) atoms. The van der Waals surface area contributed by atoms with Gasteiger partial charge in [0.2, 0.25) is 0 Å². The topological polar surface area (TPSA) is 55.3 Å². The Kier molecular flexibility index (Phi) is 4.53. The Morgan fingerprint density at radius 2 is 2.40 bits per heavy atom. The highest BCUT2D eigenvalue weighted by Gasteiger charge is 2.06. The van der Waals surface area contributed by atoms with Gasteiger partial charge >= 0.3 is 5.97 Å². The summed E-state index contributed by atoms with van der Waals surface area (Å²) in [4.78, 5) is 20.9. The molecule has 0 bridgehead atoms. The number of nitrogens with zero attached hydrogens (tertiary/aromatic N) is 3. The number of ether oxygens (including phenoxy) is 1. The molecule has 5 heteroatoms. The summed E-state index contributed by atoms with van der Waals surface area (Å²) in [7, 11) is 1.88. The van der Waals surface area contributed by atoms with Gasteiger partial charge in [0.05, 0.1) is 13.0 Å². The van der Waals surface area contributed by atoms with Gasteiger partial charge < -0.3 is 9.64 Å². The molecule has 0 saturated heterocycles. The van der Waals surface area contributed by atoms with Crippen LogP contribution in [0.25, 0.3) is 0 Å². The molecule has 1 heterocycles. The molecule has 0 unspecified atom stereocenters. The van der Waals surface area contributed by atoms with Crippen LogP contribution in [0.5, 0.6) is 0 Å². The summed E-state index contributed by atoms with van der Waals surface area (Å²) in [6, 6.07) is 1.80. The number of aromatic nitrogens is 2. The zero-order valence-electron chi connectivity index (χ0n) is 9.01. The molecule has 0 aliphatic rings. The van der Waals surface area contributed by atoms with Gasteiger partial charge in [0, 0.05) is 19.8 Å². The molecular formula is C10H15N3O2. The first-order valence-corrected chi connectivity index (χ1v) is 4.86. The molecule has 0 radical (unpaired) electrons. The quantitative estimate of drug-likeness (QED) is 0.673. The summed E-state index contributed by atoms with van der Waals surface area (Å²) in [5.74, 6) is 0.618. The Bertz CT molecular complexity index is 303. The fraction of sp³-hybridized carbons (Fsp3) is 0.500. The zero-order valence-corrected chi connectivity index (χ0v) is 9.01. The minimum absolute atomic E-state index is 0.182. The molecule has 0 N–H and O–H groups in total. The standard InChI is InChI=1S/C10H15N3O2/c1-3-15-10(14)5-7-13(2)9-4-6-11-8-12-9/h4,6,8H,3,5,7H2,1-2H3. The van der Waals surface area contributed by atoms with Crippen molar-refractivity contribution in [2.45, 2.75) is 13.3 Å². The monoisotopic (exact) mass is 209 g/mol. The van der Waals surface area contributed by atoms with Crippen LogP contribution in [0.15, 0.2) is 18.6 Å². The second-order valence-corrected chi connectivity index (χ2v) is 3.04. The van der Waals surface area contributed by atoms with Crippen LogP contribution in [-0.4, -0.2) is 36.1 Å². The number of hydrogen-bond donors (Lipinski definition) is 0. The lowest BCUT2D eigenvalue weighted by Crippen LogP contribution is -2.22. The largest absolute Gasteiger partial charge is 0.466 e. The Hall–Kier alpha value is -1.65. The third-order valence-electron chi connectivity index (χ3n) is 1.91. The molecule has 0 spiro atoms. The minimum atomic E-state index is -0.182. The average molecular weight is 209 g/mol. The van der Waals surface area contributed by atoms with Gasteiger partial charge in [-0.2, -0.15) is 0 Å². The van der Waals surface area contributed by atoms with Gasteiger partial charge in [-0.15, -0.1) is 0 Å². The molecule has 0 saturated carbocycles. The van der Waals surface area contributed by atoms with E-state index in [1.165, 1.54) is 6.33 Å². The van der Waals surface area contributed by atoms with Gasteiger partial charge in [0.1, 0.15) is 12.1 Å². The van der Waals surface area contributed by atoms with Crippen molar-refractivity contribution in [3.63, 3.8) is 0 Å². The molecule has 5 nitrogen and oxygen atoms in total. The smallest absolute Gasteiger partial charge is 0.307 e. The van der Waals surface area contributed by atoms with Gasteiger partial charge in [-0.3, -0.25) is 4.79 Å². The van der Waals surface area contributed by atoms with E-state index >= 15 is 0 Å². The highest BCUT2D eigenvalue weighted by atomic mass is 16.5. The summed E-state index contributed by atoms with van der Waals surface area (Å²) < 4.78 is 4.83. The number of hydrogen-bond acceptors (Lipinski definition) is 5. The maximum atomic E-state index is 11.1. The van der Waals surface area contributed by atoms with Crippen molar-refractivity contribution in [3.8, 4) is 0 Å². The van der Waals surface area contributed by atoms with Gasteiger partial charge in [-0.05, 0) is 13.0 Å². The average Bonchev–Trinajstić information content (AvgIpc) is 2.27. The highest BCUT2D eigenvalue weighted by Crippen LogP contribution is 2.05. The van der Waals surface area contributed by atoms with E-state index in [-0.39, 0.29) is 5.97 Å². The third-order valence-corrected chi connectivity index (χ3v) is 1.91. The second-order valence-electron chi connectivity index (χ2n) is 3.04. The molecule has 0 aliphatic carbocycles. The summed E-state index contributed by atoms with van der Waals surface area (Å²) >= 11 is 0. The van der Waals surface area contributed by atoms with Crippen LogP contribution in [0.2, 0.25) is 0 Å². The molecule has 0 fully saturated rings. The third kappa shape index (κ3) is 3.93. The van der Waals surface area contributed by atoms with Crippen LogP contribution >= 0.6 is 0 Å². The number of esters is 1. The first kappa shape index (κ1) is 11.4. The lowest BCUT2D eigenvalue weighted by molar-refractivity contribution is -0.142. The molecule has 0 amide bonds. The van der Waals surface area contributed by atoms with Crippen molar-refractivity contribution in [1.29, 1.82) is 0 Å². The van der Waals surface area contributed by atoms with E-state index in [2.05, 4.69) is 9.97 Å². The SMILES string of the molecule is CCOC(=O)CCN(C)c1ccncn1. The van der Waals surface area contributed by atoms with Gasteiger partial charge in [0.15, 0.2) is 0 Å². The Morgan fingerprint density at radius 1 is 1.60 bits per heavy atom. The Labute approximate surface area is 89.1 Å². The molecule has 1 aromatic rings. The predicted molar refractivity (Wildman–Crippen MR) is 56.6 cm³/mol. The molecule has 1 aromatic heterocycles. The van der Waals surface area contributed by atoms with Crippen LogP contribution in [0.4, 0.5) is 5.82 Å². The van der Waals surface area contributed by atoms with E-state index in [1.807, 2.05) is 11.9 Å². The summed E-state index contributed by atoms with van der Waals surface area (Å²) in [6.07, 6.45) is 3.52. The summed E-state index contributed by atoms with van der Waals surface area (Å²) in [5.41, 5.74) is 0. The van der Waals surface area contributed by atoms with Crippen molar-refractivity contribution in [3.05, 3.63) is 18.6 Å². The van der Waals surface area contributed by atoms with E-state index in [4.69, 9.17) is 4.74 Å². The lowest BCUT2D eigenvalue weighted by Gasteiger charge is -2.16. The zero-order chi connectivity index (χ0) is 11.1. The highest BCUT2D eigenvalue weighted by molar-refractivity contribution is 5.70. The number of anilines is 1.